The van der Waals surface area contributed by atoms with Gasteiger partial charge < -0.3 is 18.3 Å². The minimum absolute atomic E-state index is 0.126. The molecule has 10 heteroatoms. The zero-order valence-corrected chi connectivity index (χ0v) is 14.6. The fraction of sp³-hybridized carbons (Fsp3) is 0. The quantitative estimate of drug-likeness (QED) is 0.386. The molecule has 0 bridgehead atoms. The van der Waals surface area contributed by atoms with E-state index in [0.717, 1.165) is 0 Å². The highest BCUT2D eigenvalue weighted by Gasteiger charge is 2.24. The summed E-state index contributed by atoms with van der Waals surface area (Å²) in [6, 6.07) is 14.1. The lowest BCUT2D eigenvalue weighted by molar-refractivity contribution is 0.456. The van der Waals surface area contributed by atoms with E-state index in [4.69, 9.17) is 8.37 Å². The number of hydrogen-bond acceptors (Lipinski definition) is 4. The Bertz CT molecular complexity index is 1070. The van der Waals surface area contributed by atoms with Gasteiger partial charge in [0.15, 0.2) is 11.5 Å². The summed E-state index contributed by atoms with van der Waals surface area (Å²) in [5, 5.41) is 1.17. The van der Waals surface area contributed by atoms with E-state index in [1.165, 1.54) is 0 Å². The number of fused-ring (bicyclic) bond motifs is 2. The van der Waals surface area contributed by atoms with E-state index in [1.807, 2.05) is 0 Å². The van der Waals surface area contributed by atoms with Crippen LogP contribution < -0.4 is 8.37 Å². The SMILES string of the molecule is O=S(O)Oc1c(-c2[nH]c3ccccc3c2OS(=O)O)[nH]c2ccccc12. The molecule has 0 aliphatic rings. The second-order valence-electron chi connectivity index (χ2n) is 5.35. The minimum atomic E-state index is -2.55. The van der Waals surface area contributed by atoms with E-state index in [-0.39, 0.29) is 11.5 Å². The molecule has 0 aliphatic carbocycles. The number of aromatic nitrogens is 2. The smallest absolute Gasteiger partial charge is 0.357 e. The van der Waals surface area contributed by atoms with Crippen LogP contribution in [0.2, 0.25) is 0 Å². The van der Waals surface area contributed by atoms with Crippen molar-refractivity contribution in [3.8, 4) is 22.9 Å². The molecule has 4 N–H and O–H groups in total. The molecule has 134 valence electrons. The Morgan fingerprint density at radius 1 is 0.692 bits per heavy atom. The van der Waals surface area contributed by atoms with Crippen LogP contribution in [0.4, 0.5) is 0 Å². The maximum atomic E-state index is 11.3. The Morgan fingerprint density at radius 3 is 1.46 bits per heavy atom. The molecule has 0 spiro atoms. The molecule has 2 unspecified atom stereocenters. The van der Waals surface area contributed by atoms with Crippen molar-refractivity contribution in [2.24, 2.45) is 0 Å². The Kier molecular flexibility index (Phi) is 4.24. The molecule has 4 rings (SSSR count). The van der Waals surface area contributed by atoms with Gasteiger partial charge in [-0.1, -0.05) is 24.3 Å². The van der Waals surface area contributed by atoms with Crippen LogP contribution in [0.5, 0.6) is 11.5 Å². The predicted molar refractivity (Wildman–Crippen MR) is 98.4 cm³/mol. The molecule has 2 aromatic heterocycles. The molecule has 0 saturated heterocycles. The lowest BCUT2D eigenvalue weighted by Crippen LogP contribution is -2.00. The average molecular weight is 392 g/mol. The first kappa shape index (κ1) is 16.8. The zero-order chi connectivity index (χ0) is 18.3. The molecule has 0 radical (unpaired) electrons. The first-order valence-corrected chi connectivity index (χ1v) is 9.41. The topological polar surface area (TPSA) is 125 Å². The number of benzene rings is 2. The van der Waals surface area contributed by atoms with E-state index < -0.39 is 22.7 Å². The molecule has 2 atom stereocenters. The average Bonchev–Trinajstić information content (AvgIpc) is 3.13. The van der Waals surface area contributed by atoms with Gasteiger partial charge >= 0.3 is 22.7 Å². The summed E-state index contributed by atoms with van der Waals surface area (Å²) < 4.78 is 51.2. The third kappa shape index (κ3) is 2.88. The molecular weight excluding hydrogens is 380 g/mol. The van der Waals surface area contributed by atoms with Crippen molar-refractivity contribution in [1.29, 1.82) is 0 Å². The summed E-state index contributed by atoms with van der Waals surface area (Å²) in [5.74, 6) is 0.253. The second-order valence-corrected chi connectivity index (χ2v) is 6.55. The van der Waals surface area contributed by atoms with Gasteiger partial charge in [-0.05, 0) is 24.3 Å². The third-order valence-electron chi connectivity index (χ3n) is 3.88. The summed E-state index contributed by atoms with van der Waals surface area (Å²) in [7, 11) is 0. The Morgan fingerprint density at radius 2 is 1.08 bits per heavy atom. The first-order valence-electron chi connectivity index (χ1n) is 7.34. The maximum Gasteiger partial charge on any atom is 0.357 e. The van der Waals surface area contributed by atoms with Gasteiger partial charge in [-0.25, -0.2) is 0 Å². The third-order valence-corrected chi connectivity index (χ3v) is 4.49. The van der Waals surface area contributed by atoms with Crippen LogP contribution in [-0.2, 0) is 22.7 Å². The van der Waals surface area contributed by atoms with Crippen LogP contribution in [0.1, 0.15) is 0 Å². The number of aromatic amines is 2. The molecule has 2 aromatic carbocycles. The van der Waals surface area contributed by atoms with Crippen molar-refractivity contribution in [3.05, 3.63) is 48.5 Å². The van der Waals surface area contributed by atoms with Gasteiger partial charge in [0.1, 0.15) is 11.4 Å². The van der Waals surface area contributed by atoms with Gasteiger partial charge in [0, 0.05) is 21.8 Å². The van der Waals surface area contributed by atoms with Crippen LogP contribution in [0.3, 0.4) is 0 Å². The normalized spacial score (nSPS) is 13.8. The highest BCUT2D eigenvalue weighted by atomic mass is 32.2. The van der Waals surface area contributed by atoms with Gasteiger partial charge in [0.2, 0.25) is 0 Å². The number of hydrogen-bond donors (Lipinski definition) is 4. The van der Waals surface area contributed by atoms with E-state index in [2.05, 4.69) is 9.97 Å². The number of rotatable bonds is 5. The molecule has 0 aliphatic heterocycles. The highest BCUT2D eigenvalue weighted by Crippen LogP contribution is 2.44. The first-order chi connectivity index (χ1) is 12.5. The van der Waals surface area contributed by atoms with E-state index in [1.54, 1.807) is 48.5 Å². The standard InChI is InChI=1S/C16H12N2O6S2/c19-25(20)23-15-9-5-1-3-7-11(9)17-13(15)14-16(24-26(21)22)10-6-2-4-8-12(10)18-14/h1-8,17-18H,(H,19,20)(H,21,22). The molecule has 2 heterocycles. The van der Waals surface area contributed by atoms with Crippen molar-refractivity contribution in [1.82, 2.24) is 9.97 Å². The van der Waals surface area contributed by atoms with Crippen LogP contribution in [0, 0.1) is 0 Å². The molecule has 0 fully saturated rings. The fourth-order valence-corrected chi connectivity index (χ4v) is 3.53. The Balaban J connectivity index is 2.03. The number of nitrogens with one attached hydrogen (secondary N) is 2. The Hall–Kier alpha value is -2.66. The number of para-hydroxylation sites is 2. The monoisotopic (exact) mass is 392 g/mol. The molecule has 4 aromatic rings. The summed E-state index contributed by atoms with van der Waals surface area (Å²) >= 11 is -5.11. The van der Waals surface area contributed by atoms with Crippen LogP contribution in [0.15, 0.2) is 48.5 Å². The zero-order valence-electron chi connectivity index (χ0n) is 13.0. The molecular formula is C16H12N2O6S2. The Labute approximate surface area is 152 Å². The van der Waals surface area contributed by atoms with Gasteiger partial charge in [-0.15, -0.1) is 0 Å². The van der Waals surface area contributed by atoms with Crippen molar-refractivity contribution in [2.75, 3.05) is 0 Å². The fourth-order valence-electron chi connectivity index (χ4n) is 2.90. The molecule has 8 nitrogen and oxygen atoms in total. The van der Waals surface area contributed by atoms with Crippen LogP contribution in [-0.4, -0.2) is 27.5 Å². The van der Waals surface area contributed by atoms with E-state index in [9.17, 15) is 17.5 Å². The van der Waals surface area contributed by atoms with Crippen LogP contribution >= 0.6 is 0 Å². The van der Waals surface area contributed by atoms with Crippen molar-refractivity contribution in [2.45, 2.75) is 0 Å². The van der Waals surface area contributed by atoms with Gasteiger partial charge in [0.25, 0.3) is 0 Å². The highest BCUT2D eigenvalue weighted by molar-refractivity contribution is 7.74. The summed E-state index contributed by atoms with van der Waals surface area (Å²) in [5.41, 5.74) is 1.98. The lowest BCUT2D eigenvalue weighted by atomic mass is 10.2. The summed E-state index contributed by atoms with van der Waals surface area (Å²) in [4.78, 5) is 6.20. The summed E-state index contributed by atoms with van der Waals surface area (Å²) in [6.45, 7) is 0. The van der Waals surface area contributed by atoms with Crippen molar-refractivity contribution >= 4 is 44.5 Å². The number of H-pyrrole nitrogens is 2. The van der Waals surface area contributed by atoms with E-state index in [0.29, 0.717) is 33.2 Å². The molecule has 0 amide bonds. The molecule has 26 heavy (non-hydrogen) atoms. The van der Waals surface area contributed by atoms with Crippen molar-refractivity contribution < 1.29 is 25.9 Å². The van der Waals surface area contributed by atoms with Crippen LogP contribution in [0.25, 0.3) is 33.2 Å². The van der Waals surface area contributed by atoms with Gasteiger partial charge in [-0.3, -0.25) is 9.11 Å². The molecule has 0 saturated carbocycles. The second kappa shape index (κ2) is 6.57. The van der Waals surface area contributed by atoms with Gasteiger partial charge in [-0.2, -0.15) is 8.42 Å². The maximum absolute atomic E-state index is 11.3. The van der Waals surface area contributed by atoms with Gasteiger partial charge in [0.05, 0.1) is 0 Å². The predicted octanol–water partition coefficient (Wildman–Crippen LogP) is 3.35. The lowest BCUT2D eigenvalue weighted by Gasteiger charge is -2.05. The van der Waals surface area contributed by atoms with Crippen molar-refractivity contribution in [3.63, 3.8) is 0 Å². The van der Waals surface area contributed by atoms with E-state index >= 15 is 0 Å². The minimum Gasteiger partial charge on any atom is -0.377 e. The summed E-state index contributed by atoms with van der Waals surface area (Å²) in [6.07, 6.45) is 0. The largest absolute Gasteiger partial charge is 0.377 e.